The van der Waals surface area contributed by atoms with Crippen LogP contribution in [0.25, 0.3) is 0 Å². The summed E-state index contributed by atoms with van der Waals surface area (Å²) in [5, 5.41) is 23.4. The average molecular weight is 1040 g/mol. The van der Waals surface area contributed by atoms with Gasteiger partial charge in [-0.2, -0.15) is 0 Å². The Morgan fingerprint density at radius 3 is 0.959 bits per heavy atom. The number of carbonyl (C=O) groups excluding carboxylic acids is 2. The van der Waals surface area contributed by atoms with Gasteiger partial charge in [0.25, 0.3) is 0 Å². The van der Waals surface area contributed by atoms with Crippen LogP contribution in [-0.2, 0) is 14.3 Å². The Morgan fingerprint density at radius 1 is 0.365 bits per heavy atom. The van der Waals surface area contributed by atoms with Gasteiger partial charge in [-0.25, -0.2) is 0 Å². The largest absolute Gasteiger partial charge is 0.466 e. The number of allylic oxidation sites excluding steroid dienone is 2. The van der Waals surface area contributed by atoms with Gasteiger partial charge >= 0.3 is 5.97 Å². The van der Waals surface area contributed by atoms with E-state index in [2.05, 4.69) is 31.3 Å². The molecule has 0 fully saturated rings. The van der Waals surface area contributed by atoms with Gasteiger partial charge in [0.1, 0.15) is 0 Å². The zero-order valence-corrected chi connectivity index (χ0v) is 50.4. The number of aliphatic hydroxyl groups is 2. The van der Waals surface area contributed by atoms with Gasteiger partial charge in [-0.15, -0.1) is 0 Å². The van der Waals surface area contributed by atoms with Gasteiger partial charge in [-0.1, -0.05) is 334 Å². The highest BCUT2D eigenvalue weighted by molar-refractivity contribution is 5.76. The summed E-state index contributed by atoms with van der Waals surface area (Å²) in [6.45, 7) is 4.98. The van der Waals surface area contributed by atoms with Crippen LogP contribution in [0.1, 0.15) is 386 Å². The summed E-state index contributed by atoms with van der Waals surface area (Å²) >= 11 is 0. The van der Waals surface area contributed by atoms with Gasteiger partial charge in [0, 0.05) is 12.8 Å². The molecule has 0 aromatic carbocycles. The Hall–Kier alpha value is -1.40. The first-order valence-corrected chi connectivity index (χ1v) is 33.9. The van der Waals surface area contributed by atoms with E-state index < -0.39 is 12.1 Å². The number of nitrogens with one attached hydrogen (secondary N) is 1. The molecule has 440 valence electrons. The minimum absolute atomic E-state index is 0.00351. The predicted octanol–water partition coefficient (Wildman–Crippen LogP) is 21.6. The number of amides is 1. The molecule has 0 aliphatic carbocycles. The summed E-state index contributed by atoms with van der Waals surface area (Å²) < 4.78 is 5.49. The van der Waals surface area contributed by atoms with Crippen molar-refractivity contribution < 1.29 is 24.5 Å². The number of ether oxygens (including phenoxy) is 1. The summed E-state index contributed by atoms with van der Waals surface area (Å²) in [4.78, 5) is 24.6. The predicted molar refractivity (Wildman–Crippen MR) is 324 cm³/mol. The number of aliphatic hydroxyl groups excluding tert-OH is 2. The Kier molecular flexibility index (Phi) is 62.9. The van der Waals surface area contributed by atoms with E-state index >= 15 is 0 Å². The van der Waals surface area contributed by atoms with Crippen molar-refractivity contribution in [1.29, 1.82) is 0 Å². The van der Waals surface area contributed by atoms with Crippen molar-refractivity contribution in [3.8, 4) is 0 Å². The minimum Gasteiger partial charge on any atom is -0.466 e. The summed E-state index contributed by atoms with van der Waals surface area (Å²) in [6, 6.07) is -0.546. The highest BCUT2D eigenvalue weighted by Crippen LogP contribution is 2.19. The van der Waals surface area contributed by atoms with E-state index in [0.29, 0.717) is 25.9 Å². The molecule has 0 bridgehead atoms. The summed E-state index contributed by atoms with van der Waals surface area (Å²) in [5.74, 6) is -0.0320. The van der Waals surface area contributed by atoms with Gasteiger partial charge in [-0.3, -0.25) is 9.59 Å². The van der Waals surface area contributed by atoms with Crippen LogP contribution in [0.4, 0.5) is 0 Å². The fourth-order valence-electron chi connectivity index (χ4n) is 10.9. The molecule has 0 heterocycles. The zero-order valence-electron chi connectivity index (χ0n) is 50.4. The van der Waals surface area contributed by atoms with E-state index in [1.165, 1.54) is 308 Å². The second-order valence-corrected chi connectivity index (χ2v) is 23.5. The molecule has 0 aromatic rings. The maximum Gasteiger partial charge on any atom is 0.305 e. The van der Waals surface area contributed by atoms with Crippen LogP contribution in [0.15, 0.2) is 12.2 Å². The van der Waals surface area contributed by atoms with Crippen LogP contribution in [-0.4, -0.2) is 47.4 Å². The van der Waals surface area contributed by atoms with E-state index in [4.69, 9.17) is 4.74 Å². The molecule has 0 aliphatic rings. The zero-order chi connectivity index (χ0) is 53.6. The molecule has 3 N–H and O–H groups in total. The normalized spacial score (nSPS) is 12.5. The highest BCUT2D eigenvalue weighted by Gasteiger charge is 2.20. The number of esters is 1. The van der Waals surface area contributed by atoms with Crippen LogP contribution in [0.3, 0.4) is 0 Å². The van der Waals surface area contributed by atoms with Crippen molar-refractivity contribution in [3.63, 3.8) is 0 Å². The molecular formula is C68H133NO5. The lowest BCUT2D eigenvalue weighted by atomic mass is 10.0. The SMILES string of the molecule is CCCCCCCC/C=C\CCCCCCCCCC(=O)OCCCCCCCCCCCCCCCCCCCC(=O)NC(CO)C(O)CCCCCCCCCCCCCCCCCCCCCCCCC. The fourth-order valence-corrected chi connectivity index (χ4v) is 10.9. The molecule has 74 heavy (non-hydrogen) atoms. The van der Waals surface area contributed by atoms with Crippen molar-refractivity contribution in [2.45, 2.75) is 398 Å². The van der Waals surface area contributed by atoms with Crippen molar-refractivity contribution >= 4 is 11.9 Å². The molecule has 2 unspecified atom stereocenters. The maximum absolute atomic E-state index is 12.5. The van der Waals surface area contributed by atoms with Crippen molar-refractivity contribution in [2.24, 2.45) is 0 Å². The van der Waals surface area contributed by atoms with Gasteiger partial charge < -0.3 is 20.3 Å². The summed E-state index contributed by atoms with van der Waals surface area (Å²) in [7, 11) is 0. The molecule has 0 aromatic heterocycles. The first-order chi connectivity index (χ1) is 36.5. The third-order valence-corrected chi connectivity index (χ3v) is 16.1. The van der Waals surface area contributed by atoms with Crippen LogP contribution < -0.4 is 5.32 Å². The Labute approximate surface area is 463 Å². The molecule has 0 aliphatic heterocycles. The van der Waals surface area contributed by atoms with Gasteiger partial charge in [-0.05, 0) is 51.4 Å². The van der Waals surface area contributed by atoms with Crippen LogP contribution in [0.2, 0.25) is 0 Å². The highest BCUT2D eigenvalue weighted by atomic mass is 16.5. The van der Waals surface area contributed by atoms with E-state index in [-0.39, 0.29) is 18.5 Å². The van der Waals surface area contributed by atoms with Gasteiger partial charge in [0.2, 0.25) is 5.91 Å². The lowest BCUT2D eigenvalue weighted by Gasteiger charge is -2.22. The van der Waals surface area contributed by atoms with Crippen LogP contribution in [0.5, 0.6) is 0 Å². The standard InChI is InChI=1S/C68H133NO5/c1-3-5-7-9-11-13-15-17-19-21-22-23-24-25-26-29-32-36-40-44-48-52-56-60-66(71)65(64-70)69-67(72)61-57-53-49-45-41-37-33-30-27-31-35-39-43-47-51-55-59-63-74-68(73)62-58-54-50-46-42-38-34-28-20-18-16-14-12-10-8-6-4-2/h18,20,65-66,70-71H,3-17,19,21-64H2,1-2H3,(H,69,72)/b20-18-. The lowest BCUT2D eigenvalue weighted by molar-refractivity contribution is -0.143. The number of unbranched alkanes of at least 4 members (excludes halogenated alkanes) is 51. The molecule has 1 amide bonds. The molecule has 6 nitrogen and oxygen atoms in total. The second kappa shape index (κ2) is 64.1. The van der Waals surface area contributed by atoms with E-state index in [9.17, 15) is 19.8 Å². The van der Waals surface area contributed by atoms with E-state index in [1.807, 2.05) is 0 Å². The number of hydrogen-bond donors (Lipinski definition) is 3. The maximum atomic E-state index is 12.5. The molecule has 0 rings (SSSR count). The number of rotatable bonds is 64. The third kappa shape index (κ3) is 59.8. The smallest absolute Gasteiger partial charge is 0.305 e. The summed E-state index contributed by atoms with van der Waals surface area (Å²) in [6.07, 6.45) is 78.1. The van der Waals surface area contributed by atoms with Gasteiger partial charge in [0.15, 0.2) is 0 Å². The lowest BCUT2D eigenvalue weighted by Crippen LogP contribution is -2.45. The third-order valence-electron chi connectivity index (χ3n) is 16.1. The Morgan fingerprint density at radius 2 is 0.635 bits per heavy atom. The molecule has 0 saturated heterocycles. The van der Waals surface area contributed by atoms with E-state index in [0.717, 1.165) is 44.9 Å². The van der Waals surface area contributed by atoms with Crippen molar-refractivity contribution in [3.05, 3.63) is 12.2 Å². The molecule has 0 saturated carbocycles. The van der Waals surface area contributed by atoms with Crippen LogP contribution >= 0.6 is 0 Å². The van der Waals surface area contributed by atoms with Crippen LogP contribution in [0, 0.1) is 0 Å². The topological polar surface area (TPSA) is 95.9 Å². The van der Waals surface area contributed by atoms with Crippen molar-refractivity contribution in [2.75, 3.05) is 13.2 Å². The minimum atomic E-state index is -0.669. The summed E-state index contributed by atoms with van der Waals surface area (Å²) in [5.41, 5.74) is 0. The quantitative estimate of drug-likeness (QED) is 0.0320. The molecule has 2 atom stereocenters. The molecule has 0 radical (unpaired) electrons. The fraction of sp³-hybridized carbons (Fsp3) is 0.941. The molecule has 0 spiro atoms. The monoisotopic (exact) mass is 1040 g/mol. The molecule has 6 heteroatoms. The van der Waals surface area contributed by atoms with Crippen molar-refractivity contribution in [1.82, 2.24) is 5.32 Å². The number of carbonyl (C=O) groups is 2. The number of hydrogen-bond acceptors (Lipinski definition) is 5. The average Bonchev–Trinajstić information content (AvgIpc) is 3.40. The second-order valence-electron chi connectivity index (χ2n) is 23.5. The Balaban J connectivity index is 3.40. The first-order valence-electron chi connectivity index (χ1n) is 33.9. The Bertz CT molecular complexity index is 1110. The molecular weight excluding hydrogens is 911 g/mol. The van der Waals surface area contributed by atoms with E-state index in [1.54, 1.807) is 0 Å². The first kappa shape index (κ1) is 72.6. The van der Waals surface area contributed by atoms with Gasteiger partial charge in [0.05, 0.1) is 25.4 Å².